The molecule has 0 bridgehead atoms. The van der Waals surface area contributed by atoms with Crippen molar-refractivity contribution in [2.24, 2.45) is 0 Å². The Balaban J connectivity index is 1.78. The molecule has 2 amide bonds. The third-order valence-electron chi connectivity index (χ3n) is 6.96. The molecule has 3 aromatic rings. The number of carbonyl (C=O) groups excluding carboxylic acids is 2. The molecule has 2 heterocycles. The van der Waals surface area contributed by atoms with E-state index in [9.17, 15) is 14.0 Å². The highest BCUT2D eigenvalue weighted by atomic mass is 19.4. The highest BCUT2D eigenvalue weighted by Crippen LogP contribution is 2.63. The van der Waals surface area contributed by atoms with Crippen molar-refractivity contribution in [2.45, 2.75) is 24.2 Å². The number of methoxy groups -OCH3 is 2. The molecule has 0 spiro atoms. The Morgan fingerprint density at radius 2 is 1.68 bits per heavy atom. The molecule has 0 N–H and O–H groups in total. The van der Waals surface area contributed by atoms with Gasteiger partial charge in [0, 0.05) is 11.8 Å². The van der Waals surface area contributed by atoms with Crippen LogP contribution >= 0.6 is 0 Å². The van der Waals surface area contributed by atoms with Gasteiger partial charge >= 0.3 is 18.2 Å². The van der Waals surface area contributed by atoms with Crippen molar-refractivity contribution in [3.63, 3.8) is 0 Å². The van der Waals surface area contributed by atoms with E-state index in [-0.39, 0.29) is 23.4 Å². The molecule has 0 aliphatic carbocycles. The van der Waals surface area contributed by atoms with Gasteiger partial charge in [-0.3, -0.25) is 9.80 Å². The van der Waals surface area contributed by atoms with Crippen molar-refractivity contribution >= 4 is 17.7 Å². The quantitative estimate of drug-likeness (QED) is 0.307. The van der Waals surface area contributed by atoms with Gasteiger partial charge in [-0.25, -0.2) is 14.0 Å². The third kappa shape index (κ3) is 3.70. The molecule has 0 radical (unpaired) electrons. The molecule has 2 aliphatic rings. The van der Waals surface area contributed by atoms with Crippen LogP contribution in [-0.2, 0) is 21.6 Å². The number of esters is 1. The molecule has 0 aromatic heterocycles. The Morgan fingerprint density at radius 1 is 1.00 bits per heavy atom. The highest BCUT2D eigenvalue weighted by Gasteiger charge is 2.72. The van der Waals surface area contributed by atoms with Gasteiger partial charge in [-0.15, -0.1) is 0 Å². The topological polar surface area (TPSA) is 59.1 Å². The Kier molecular flexibility index (Phi) is 6.13. The fourth-order valence-corrected chi connectivity index (χ4v) is 5.33. The van der Waals surface area contributed by atoms with Gasteiger partial charge in [-0.1, -0.05) is 42.5 Å². The number of benzene rings is 3. The lowest BCUT2D eigenvalue weighted by Gasteiger charge is -2.50. The number of nitrogens with zero attached hydrogens (tertiary/aromatic N) is 2. The Labute approximate surface area is 215 Å². The predicted molar refractivity (Wildman–Crippen MR) is 130 cm³/mol. The third-order valence-corrected chi connectivity index (χ3v) is 6.96. The second-order valence-electron chi connectivity index (χ2n) is 8.93. The molecule has 2 atom stereocenters. The molecule has 0 fully saturated rings. The minimum absolute atomic E-state index is 0.108. The van der Waals surface area contributed by atoms with E-state index in [1.54, 1.807) is 30.3 Å². The zero-order valence-electron chi connectivity index (χ0n) is 20.3. The van der Waals surface area contributed by atoms with Gasteiger partial charge in [0.1, 0.15) is 11.6 Å². The zero-order chi connectivity index (χ0) is 27.2. The van der Waals surface area contributed by atoms with E-state index in [1.165, 1.54) is 31.4 Å². The number of fused-ring (bicyclic) bond motifs is 3. The number of rotatable bonds is 5. The predicted octanol–water partition coefficient (Wildman–Crippen LogP) is 5.89. The fourth-order valence-electron chi connectivity index (χ4n) is 5.33. The van der Waals surface area contributed by atoms with Crippen LogP contribution in [-0.4, -0.2) is 37.3 Å². The second kappa shape index (κ2) is 9.20. The van der Waals surface area contributed by atoms with Gasteiger partial charge in [0.05, 0.1) is 37.9 Å². The van der Waals surface area contributed by atoms with Gasteiger partial charge < -0.3 is 9.47 Å². The average Bonchev–Trinajstić information content (AvgIpc) is 3.29. The second-order valence-corrected chi connectivity index (χ2v) is 8.93. The molecule has 3 aromatic carbocycles. The number of alkyl halides is 3. The largest absolute Gasteiger partial charge is 0.497 e. The van der Waals surface area contributed by atoms with E-state index in [4.69, 9.17) is 9.47 Å². The van der Waals surface area contributed by atoms with Crippen LogP contribution < -0.4 is 9.64 Å². The van der Waals surface area contributed by atoms with Crippen molar-refractivity contribution in [1.82, 2.24) is 4.90 Å². The number of halogens is 4. The first-order chi connectivity index (χ1) is 18.1. The lowest BCUT2D eigenvalue weighted by molar-refractivity contribution is -0.223. The van der Waals surface area contributed by atoms with Crippen molar-refractivity contribution in [3.05, 3.63) is 107 Å². The van der Waals surface area contributed by atoms with E-state index in [2.05, 4.69) is 0 Å². The summed E-state index contributed by atoms with van der Waals surface area (Å²) in [5.74, 6) is -3.08. The van der Waals surface area contributed by atoms with Crippen LogP contribution in [0.1, 0.15) is 22.6 Å². The normalized spacial score (nSPS) is 20.5. The lowest BCUT2D eigenvalue weighted by Crippen LogP contribution is -2.63. The van der Waals surface area contributed by atoms with E-state index >= 15 is 13.2 Å². The molecule has 0 saturated carbocycles. The summed E-state index contributed by atoms with van der Waals surface area (Å²) in [4.78, 5) is 28.4. The van der Waals surface area contributed by atoms with Crippen molar-refractivity contribution < 1.29 is 36.6 Å². The van der Waals surface area contributed by atoms with Crippen molar-refractivity contribution in [1.29, 1.82) is 0 Å². The van der Waals surface area contributed by atoms with Gasteiger partial charge in [-0.2, -0.15) is 13.2 Å². The van der Waals surface area contributed by atoms with E-state index in [1.807, 2.05) is 0 Å². The van der Waals surface area contributed by atoms with Crippen LogP contribution in [0, 0.1) is 5.82 Å². The lowest BCUT2D eigenvalue weighted by atomic mass is 9.70. The van der Waals surface area contributed by atoms with Crippen molar-refractivity contribution in [3.8, 4) is 5.75 Å². The molecule has 0 unspecified atom stereocenters. The van der Waals surface area contributed by atoms with Crippen LogP contribution in [0.3, 0.4) is 0 Å². The number of urea groups is 1. The Bertz CT molecular complexity index is 1420. The van der Waals surface area contributed by atoms with E-state index < -0.39 is 41.0 Å². The first-order valence-electron chi connectivity index (χ1n) is 11.6. The van der Waals surface area contributed by atoms with Crippen LogP contribution in [0.25, 0.3) is 0 Å². The smallest absolute Gasteiger partial charge is 0.417 e. The highest BCUT2D eigenvalue weighted by molar-refractivity contribution is 6.01. The Hall–Kier alpha value is -4.34. The monoisotopic (exact) mass is 526 g/mol. The van der Waals surface area contributed by atoms with E-state index in [0.717, 1.165) is 36.4 Å². The minimum Gasteiger partial charge on any atom is -0.497 e. The number of anilines is 1. The summed E-state index contributed by atoms with van der Waals surface area (Å²) >= 11 is 0. The maximum Gasteiger partial charge on any atom is 0.417 e. The van der Waals surface area contributed by atoms with Crippen LogP contribution in [0.5, 0.6) is 5.75 Å². The molecule has 196 valence electrons. The first-order valence-corrected chi connectivity index (χ1v) is 11.6. The average molecular weight is 526 g/mol. The summed E-state index contributed by atoms with van der Waals surface area (Å²) in [6.45, 7) is -0.108. The molecule has 5 rings (SSSR count). The standard InChI is InChI=1S/C28H22F4N2O4/c1-37-20-11-8-17(9-12-20)15-33-23-13-10-19(29)14-22(23)27(28(30,31)32)24(18-6-4-3-5-7-18)21(25(35)38-2)16-34(27)26(33)36/h3-14,16,24H,15H2,1-2H3/t24-,27-/m1/s1. The zero-order valence-corrected chi connectivity index (χ0v) is 20.3. The Morgan fingerprint density at radius 3 is 2.29 bits per heavy atom. The van der Waals surface area contributed by atoms with Crippen LogP contribution in [0.4, 0.5) is 28.0 Å². The summed E-state index contributed by atoms with van der Waals surface area (Å²) in [6, 6.07) is 16.2. The van der Waals surface area contributed by atoms with Gasteiger partial charge in [0.15, 0.2) is 5.54 Å². The number of carbonyl (C=O) groups is 2. The molecule has 38 heavy (non-hydrogen) atoms. The molecule has 10 heteroatoms. The molecule has 2 aliphatic heterocycles. The van der Waals surface area contributed by atoms with Crippen LogP contribution in [0.15, 0.2) is 84.6 Å². The number of hydrogen-bond donors (Lipinski definition) is 0. The SMILES string of the molecule is COC(=O)C1=CN2C(=O)N(Cc3ccc(OC)cc3)c3ccc(F)cc3[C@]2(C(F)(F)F)[C@@H]1c1ccccc1. The van der Waals surface area contributed by atoms with Gasteiger partial charge in [0.25, 0.3) is 0 Å². The maximum absolute atomic E-state index is 15.5. The summed E-state index contributed by atoms with van der Waals surface area (Å²) in [5, 5.41) is 0. The van der Waals surface area contributed by atoms with Gasteiger partial charge in [0.2, 0.25) is 0 Å². The molecule has 6 nitrogen and oxygen atoms in total. The molecule has 0 saturated heterocycles. The summed E-state index contributed by atoms with van der Waals surface area (Å²) in [5.41, 5.74) is -3.34. The molecular weight excluding hydrogens is 504 g/mol. The van der Waals surface area contributed by atoms with E-state index in [0.29, 0.717) is 16.2 Å². The number of ether oxygens (including phenoxy) is 2. The first kappa shape index (κ1) is 25.3. The number of amides is 2. The van der Waals surface area contributed by atoms with Crippen LogP contribution in [0.2, 0.25) is 0 Å². The molecular formula is C28H22F4N2O4. The summed E-state index contributed by atoms with van der Waals surface area (Å²) in [6.07, 6.45) is -4.24. The fraction of sp³-hybridized carbons (Fsp3) is 0.214. The summed E-state index contributed by atoms with van der Waals surface area (Å²) < 4.78 is 71.0. The van der Waals surface area contributed by atoms with Gasteiger partial charge in [-0.05, 0) is 41.5 Å². The number of hydrogen-bond acceptors (Lipinski definition) is 4. The van der Waals surface area contributed by atoms with Crippen molar-refractivity contribution in [2.75, 3.05) is 19.1 Å². The summed E-state index contributed by atoms with van der Waals surface area (Å²) in [7, 11) is 2.54. The minimum atomic E-state index is -5.12. The maximum atomic E-state index is 15.5.